The van der Waals surface area contributed by atoms with Crippen molar-refractivity contribution < 1.29 is 33.5 Å². The minimum Gasteiger partial charge on any atom is -0.444 e. The summed E-state index contributed by atoms with van der Waals surface area (Å²) >= 11 is 0. The van der Waals surface area contributed by atoms with Gasteiger partial charge in [-0.15, -0.1) is 0 Å². The molecule has 2 saturated heterocycles. The van der Waals surface area contributed by atoms with Gasteiger partial charge in [0.25, 0.3) is 5.91 Å². The molecule has 0 bridgehead atoms. The smallest absolute Gasteiger partial charge is 0.410 e. The first kappa shape index (κ1) is 38.0. The number of nitrogens with one attached hydrogen (secondary N) is 2. The zero-order chi connectivity index (χ0) is 34.6. The molecule has 0 aliphatic carbocycles. The van der Waals surface area contributed by atoms with E-state index in [1.165, 1.54) is 9.91 Å². The maximum Gasteiger partial charge on any atom is 0.410 e. The lowest BCUT2D eigenvalue weighted by Crippen LogP contribution is -2.57. The van der Waals surface area contributed by atoms with Crippen molar-refractivity contribution in [2.45, 2.75) is 111 Å². The second-order valence-electron chi connectivity index (χ2n) is 14.4. The van der Waals surface area contributed by atoms with E-state index in [9.17, 15) is 19.2 Å². The first-order valence-corrected chi connectivity index (χ1v) is 17.1. The van der Waals surface area contributed by atoms with Crippen LogP contribution in [0.5, 0.6) is 0 Å². The zero-order valence-electron chi connectivity index (χ0n) is 29.3. The second-order valence-corrected chi connectivity index (χ2v) is 14.4. The molecule has 4 atom stereocenters. The van der Waals surface area contributed by atoms with E-state index in [-0.39, 0.29) is 30.7 Å². The Balaban J connectivity index is 1.85. The van der Waals surface area contributed by atoms with Gasteiger partial charge in [-0.2, -0.15) is 0 Å². The highest BCUT2D eigenvalue weighted by Gasteiger charge is 2.41. The fourth-order valence-corrected chi connectivity index (χ4v) is 5.85. The van der Waals surface area contributed by atoms with Crippen LogP contribution in [-0.2, 0) is 28.7 Å². The number of benzene rings is 1. The van der Waals surface area contributed by atoms with Gasteiger partial charge >= 0.3 is 6.09 Å². The minimum atomic E-state index is -0.790. The van der Waals surface area contributed by atoms with Gasteiger partial charge in [0, 0.05) is 26.1 Å². The number of carbonyl (C=O) groups excluding carboxylic acids is 4. The van der Waals surface area contributed by atoms with Crippen LogP contribution in [0.25, 0.3) is 6.08 Å². The highest BCUT2D eigenvalue weighted by Crippen LogP contribution is 2.27. The summed E-state index contributed by atoms with van der Waals surface area (Å²) in [6.07, 6.45) is 7.07. The number of rotatable bonds is 13. The summed E-state index contributed by atoms with van der Waals surface area (Å²) in [6, 6.07) is 8.98. The predicted molar refractivity (Wildman–Crippen MR) is 180 cm³/mol. The fourth-order valence-electron chi connectivity index (χ4n) is 5.85. The van der Waals surface area contributed by atoms with Crippen LogP contribution in [0.2, 0.25) is 0 Å². The van der Waals surface area contributed by atoms with Crippen molar-refractivity contribution in [2.75, 3.05) is 19.7 Å². The Morgan fingerprint density at radius 3 is 2.32 bits per heavy atom. The average molecular weight is 657 g/mol. The van der Waals surface area contributed by atoms with Crippen LogP contribution in [0, 0.1) is 23.7 Å². The Hall–Kier alpha value is -3.44. The number of carbonyl (C=O) groups is 4. The van der Waals surface area contributed by atoms with Crippen LogP contribution in [0.4, 0.5) is 4.79 Å². The predicted octanol–water partition coefficient (Wildman–Crippen LogP) is 5.86. The monoisotopic (exact) mass is 656 g/mol. The number of hydroxylamine groups is 1. The van der Waals surface area contributed by atoms with Crippen LogP contribution in [-0.4, -0.2) is 71.4 Å². The van der Waals surface area contributed by atoms with E-state index in [0.29, 0.717) is 38.8 Å². The van der Waals surface area contributed by atoms with Gasteiger partial charge in [0.15, 0.2) is 6.29 Å². The summed E-state index contributed by atoms with van der Waals surface area (Å²) < 4.78 is 11.2. The van der Waals surface area contributed by atoms with E-state index >= 15 is 0 Å². The summed E-state index contributed by atoms with van der Waals surface area (Å²) in [5, 5.41) is 1.33. The normalized spacial score (nSPS) is 19.9. The van der Waals surface area contributed by atoms with Gasteiger partial charge in [-0.3, -0.25) is 29.7 Å². The number of hydrazine groups is 1. The molecule has 47 heavy (non-hydrogen) atoms. The van der Waals surface area contributed by atoms with E-state index in [0.717, 1.165) is 18.4 Å². The molecule has 2 N–H and O–H groups in total. The van der Waals surface area contributed by atoms with Crippen molar-refractivity contribution in [3.8, 4) is 0 Å². The van der Waals surface area contributed by atoms with Crippen molar-refractivity contribution in [3.63, 3.8) is 0 Å². The molecule has 2 aliphatic heterocycles. The van der Waals surface area contributed by atoms with E-state index in [1.54, 1.807) is 20.8 Å². The molecule has 2 fully saturated rings. The van der Waals surface area contributed by atoms with Crippen LogP contribution in [0.3, 0.4) is 0 Å². The molecule has 0 radical (unpaired) electrons. The van der Waals surface area contributed by atoms with Crippen LogP contribution in [0.15, 0.2) is 36.4 Å². The number of likely N-dealkylation sites (tertiary alicyclic amines) is 1. The van der Waals surface area contributed by atoms with Crippen LogP contribution in [0.1, 0.15) is 99.0 Å². The molecular formula is C36H56N4O7. The summed E-state index contributed by atoms with van der Waals surface area (Å²) in [4.78, 5) is 62.0. The van der Waals surface area contributed by atoms with Gasteiger partial charge in [0.2, 0.25) is 11.8 Å². The molecule has 1 aromatic rings. The van der Waals surface area contributed by atoms with Crippen molar-refractivity contribution in [3.05, 3.63) is 42.0 Å². The Morgan fingerprint density at radius 2 is 1.70 bits per heavy atom. The highest BCUT2D eigenvalue weighted by atomic mass is 16.8. The number of nitrogens with zero attached hydrogens (tertiary/aromatic N) is 2. The van der Waals surface area contributed by atoms with Gasteiger partial charge < -0.3 is 9.47 Å². The van der Waals surface area contributed by atoms with E-state index < -0.39 is 47.7 Å². The van der Waals surface area contributed by atoms with Crippen molar-refractivity contribution in [1.29, 1.82) is 0 Å². The number of hydrogen-bond donors (Lipinski definition) is 2. The first-order valence-electron chi connectivity index (χ1n) is 17.1. The van der Waals surface area contributed by atoms with Crippen LogP contribution < -0.4 is 10.9 Å². The second kappa shape index (κ2) is 18.2. The molecule has 1 aromatic carbocycles. The Bertz CT molecular complexity index is 1190. The number of amides is 4. The van der Waals surface area contributed by atoms with Gasteiger partial charge in [0.1, 0.15) is 11.6 Å². The maximum atomic E-state index is 14.2. The lowest BCUT2D eigenvalue weighted by atomic mass is 9.82. The minimum absolute atomic E-state index is 0.0240. The van der Waals surface area contributed by atoms with Crippen molar-refractivity contribution in [1.82, 2.24) is 20.8 Å². The third-order valence-corrected chi connectivity index (χ3v) is 8.04. The summed E-state index contributed by atoms with van der Waals surface area (Å²) in [5.74, 6) is -2.70. The number of hydrogen-bond acceptors (Lipinski definition) is 7. The van der Waals surface area contributed by atoms with E-state index in [1.807, 2.05) is 70.2 Å². The molecule has 2 heterocycles. The quantitative estimate of drug-likeness (QED) is 0.255. The Morgan fingerprint density at radius 1 is 0.979 bits per heavy atom. The Kier molecular flexibility index (Phi) is 14.7. The third-order valence-electron chi connectivity index (χ3n) is 8.04. The van der Waals surface area contributed by atoms with Gasteiger partial charge in [-0.05, 0) is 76.7 Å². The highest BCUT2D eigenvalue weighted by molar-refractivity contribution is 5.91. The molecule has 2 aliphatic rings. The van der Waals surface area contributed by atoms with Crippen molar-refractivity contribution in [2.24, 2.45) is 23.7 Å². The molecule has 4 amide bonds. The standard InChI is InChI=1S/C36H56N4O7/c1-25(2)23-29(28(18-13-17-27-15-9-8-10-16-27)33(42)38-47-31-20-11-12-22-45-31)32(41)37-40(24-26(3)4)34(43)30-19-14-21-39(30)35(44)46-36(5,6)7/h8-10,13,15-17,25-26,28-31H,11-12,14,18-24H2,1-7H3,(H,37,41)(H,38,42)/b17-13+/t28-,29+,30+,31?/m0/s1. The molecule has 3 rings (SSSR count). The van der Waals surface area contributed by atoms with E-state index in [4.69, 9.17) is 14.3 Å². The molecule has 1 unspecified atom stereocenters. The summed E-state index contributed by atoms with van der Waals surface area (Å²) in [6.45, 7) is 14.4. The Labute approximate surface area is 280 Å². The number of ether oxygens (including phenoxy) is 2. The largest absolute Gasteiger partial charge is 0.444 e. The number of allylic oxidation sites excluding steroid dienone is 1. The lowest BCUT2D eigenvalue weighted by molar-refractivity contribution is -0.203. The van der Waals surface area contributed by atoms with E-state index in [2.05, 4.69) is 10.9 Å². The topological polar surface area (TPSA) is 127 Å². The van der Waals surface area contributed by atoms with Gasteiger partial charge in [0.05, 0.1) is 11.8 Å². The maximum absolute atomic E-state index is 14.2. The van der Waals surface area contributed by atoms with Crippen molar-refractivity contribution >= 4 is 29.9 Å². The molecule has 11 heteroatoms. The molecule has 0 aromatic heterocycles. The SMILES string of the molecule is CC(C)C[C@@H](C(=O)NN(CC(C)C)C(=O)[C@H]1CCCN1C(=O)OC(C)(C)C)[C@H](C/C=C/c1ccccc1)C(=O)NOC1CCCCO1. The average Bonchev–Trinajstić information content (AvgIpc) is 3.51. The molecular weight excluding hydrogens is 600 g/mol. The summed E-state index contributed by atoms with van der Waals surface area (Å²) in [5.41, 5.74) is 5.73. The van der Waals surface area contributed by atoms with Crippen LogP contribution >= 0.6 is 0 Å². The summed E-state index contributed by atoms with van der Waals surface area (Å²) in [7, 11) is 0. The molecule has 0 saturated carbocycles. The molecule has 0 spiro atoms. The zero-order valence-corrected chi connectivity index (χ0v) is 29.3. The van der Waals surface area contributed by atoms with Gasteiger partial charge in [-0.25, -0.2) is 15.1 Å². The third kappa shape index (κ3) is 12.6. The van der Waals surface area contributed by atoms with Gasteiger partial charge in [-0.1, -0.05) is 70.2 Å². The molecule has 262 valence electrons. The lowest BCUT2D eigenvalue weighted by Gasteiger charge is -2.34. The first-order chi connectivity index (χ1) is 22.2. The molecule has 11 nitrogen and oxygen atoms in total. The fraction of sp³-hybridized carbons (Fsp3) is 0.667.